The maximum Gasteiger partial charge on any atom is 0.0922 e. The van der Waals surface area contributed by atoms with Crippen molar-refractivity contribution in [3.63, 3.8) is 0 Å². The second kappa shape index (κ2) is 3.89. The average molecular weight is 180 g/mol. The third-order valence-corrected chi connectivity index (χ3v) is 2.40. The number of aromatic amines is 1. The molecule has 0 saturated carbocycles. The van der Waals surface area contributed by atoms with Crippen LogP contribution < -0.4 is 5.32 Å². The minimum atomic E-state index is 0.608. The van der Waals surface area contributed by atoms with E-state index < -0.39 is 0 Å². The lowest BCUT2D eigenvalue weighted by molar-refractivity contribution is 0.198. The van der Waals surface area contributed by atoms with Crippen LogP contribution in [0.1, 0.15) is 12.6 Å². The van der Waals surface area contributed by atoms with Gasteiger partial charge in [0.05, 0.1) is 6.33 Å². The quantitative estimate of drug-likeness (QED) is 0.683. The SMILES string of the molecule is C[C@H]1CN(Cc2cnc[nH]2)CCN1. The van der Waals surface area contributed by atoms with Crippen molar-refractivity contribution >= 4 is 0 Å². The van der Waals surface area contributed by atoms with Gasteiger partial charge in [0.15, 0.2) is 0 Å². The van der Waals surface area contributed by atoms with Crippen LogP contribution in [0.5, 0.6) is 0 Å². The number of hydrogen-bond acceptors (Lipinski definition) is 3. The minimum absolute atomic E-state index is 0.608. The van der Waals surface area contributed by atoms with E-state index in [1.54, 1.807) is 6.33 Å². The zero-order chi connectivity index (χ0) is 9.10. The number of nitrogens with zero attached hydrogens (tertiary/aromatic N) is 2. The fourth-order valence-electron chi connectivity index (χ4n) is 1.77. The Morgan fingerprint density at radius 1 is 1.69 bits per heavy atom. The topological polar surface area (TPSA) is 44.0 Å². The van der Waals surface area contributed by atoms with Gasteiger partial charge in [0.1, 0.15) is 0 Å². The van der Waals surface area contributed by atoms with E-state index >= 15 is 0 Å². The van der Waals surface area contributed by atoms with Crippen LogP contribution in [0, 0.1) is 0 Å². The van der Waals surface area contributed by atoms with E-state index in [9.17, 15) is 0 Å². The summed E-state index contributed by atoms with van der Waals surface area (Å²) in [6.07, 6.45) is 3.63. The van der Waals surface area contributed by atoms with E-state index in [0.29, 0.717) is 6.04 Å². The molecule has 1 atom stereocenters. The van der Waals surface area contributed by atoms with Gasteiger partial charge in [-0.15, -0.1) is 0 Å². The molecule has 1 aromatic heterocycles. The summed E-state index contributed by atoms with van der Waals surface area (Å²) in [7, 11) is 0. The van der Waals surface area contributed by atoms with Crippen molar-refractivity contribution in [2.24, 2.45) is 0 Å². The molecule has 13 heavy (non-hydrogen) atoms. The van der Waals surface area contributed by atoms with Gasteiger partial charge in [0, 0.05) is 44.1 Å². The molecule has 0 bridgehead atoms. The molecule has 0 aromatic carbocycles. The molecule has 0 radical (unpaired) electrons. The first-order valence-electron chi connectivity index (χ1n) is 4.77. The van der Waals surface area contributed by atoms with Crippen LogP contribution >= 0.6 is 0 Å². The average Bonchev–Trinajstić information content (AvgIpc) is 2.57. The Hall–Kier alpha value is -0.870. The maximum absolute atomic E-state index is 4.01. The van der Waals surface area contributed by atoms with Crippen molar-refractivity contribution in [2.45, 2.75) is 19.5 Å². The Morgan fingerprint density at radius 2 is 2.62 bits per heavy atom. The van der Waals surface area contributed by atoms with Gasteiger partial charge in [0.25, 0.3) is 0 Å². The molecule has 4 heteroatoms. The Kier molecular flexibility index (Phi) is 2.61. The summed E-state index contributed by atoms with van der Waals surface area (Å²) in [4.78, 5) is 9.57. The summed E-state index contributed by atoms with van der Waals surface area (Å²) >= 11 is 0. The van der Waals surface area contributed by atoms with Crippen molar-refractivity contribution in [1.29, 1.82) is 0 Å². The van der Waals surface area contributed by atoms with Gasteiger partial charge in [-0.25, -0.2) is 4.98 Å². The number of nitrogens with one attached hydrogen (secondary N) is 2. The van der Waals surface area contributed by atoms with Crippen molar-refractivity contribution in [3.05, 3.63) is 18.2 Å². The Labute approximate surface area is 78.4 Å². The van der Waals surface area contributed by atoms with Crippen LogP contribution in [-0.4, -0.2) is 40.5 Å². The number of hydrogen-bond donors (Lipinski definition) is 2. The molecule has 2 heterocycles. The molecule has 1 saturated heterocycles. The van der Waals surface area contributed by atoms with Gasteiger partial charge in [-0.1, -0.05) is 0 Å². The van der Waals surface area contributed by atoms with Crippen molar-refractivity contribution in [3.8, 4) is 0 Å². The zero-order valence-electron chi connectivity index (χ0n) is 7.95. The van der Waals surface area contributed by atoms with Gasteiger partial charge in [0.2, 0.25) is 0 Å². The van der Waals surface area contributed by atoms with E-state index in [1.807, 2.05) is 6.20 Å². The molecular formula is C9H16N4. The summed E-state index contributed by atoms with van der Waals surface area (Å²) in [5.41, 5.74) is 1.20. The second-order valence-corrected chi connectivity index (χ2v) is 3.67. The fourth-order valence-corrected chi connectivity index (χ4v) is 1.77. The largest absolute Gasteiger partial charge is 0.347 e. The molecule has 1 aromatic rings. The maximum atomic E-state index is 4.01. The predicted octanol–water partition coefficient (Wildman–Crippen LogP) is 0.203. The summed E-state index contributed by atoms with van der Waals surface area (Å²) in [6.45, 7) is 6.56. The molecule has 1 fully saturated rings. The van der Waals surface area contributed by atoms with Crippen LogP contribution in [0.25, 0.3) is 0 Å². The first kappa shape index (κ1) is 8.72. The van der Waals surface area contributed by atoms with E-state index in [2.05, 4.69) is 27.1 Å². The zero-order valence-corrected chi connectivity index (χ0v) is 7.95. The molecule has 0 spiro atoms. The molecule has 72 valence electrons. The number of aromatic nitrogens is 2. The van der Waals surface area contributed by atoms with E-state index in [0.717, 1.165) is 26.2 Å². The van der Waals surface area contributed by atoms with E-state index in [1.165, 1.54) is 5.69 Å². The van der Waals surface area contributed by atoms with E-state index in [-0.39, 0.29) is 0 Å². The Bertz CT molecular complexity index is 244. The van der Waals surface area contributed by atoms with Gasteiger partial charge < -0.3 is 10.3 Å². The molecule has 2 N–H and O–H groups in total. The van der Waals surface area contributed by atoms with Crippen molar-refractivity contribution in [2.75, 3.05) is 19.6 Å². The molecule has 1 aliphatic rings. The number of H-pyrrole nitrogens is 1. The van der Waals surface area contributed by atoms with Gasteiger partial charge in [-0.3, -0.25) is 4.90 Å². The molecule has 0 amide bonds. The summed E-state index contributed by atoms with van der Waals surface area (Å²) < 4.78 is 0. The molecular weight excluding hydrogens is 164 g/mol. The lowest BCUT2D eigenvalue weighted by Crippen LogP contribution is -2.48. The molecule has 0 unspecified atom stereocenters. The number of piperazine rings is 1. The smallest absolute Gasteiger partial charge is 0.0922 e. The van der Waals surface area contributed by atoms with Crippen LogP contribution in [0.15, 0.2) is 12.5 Å². The molecule has 1 aliphatic heterocycles. The Balaban J connectivity index is 1.87. The number of imidazole rings is 1. The highest BCUT2D eigenvalue weighted by atomic mass is 15.2. The standard InChI is InChI=1S/C9H16N4/c1-8-5-13(3-2-11-8)6-9-4-10-7-12-9/h4,7-8,11H,2-3,5-6H2,1H3,(H,10,12)/t8-/m0/s1. The minimum Gasteiger partial charge on any atom is -0.347 e. The lowest BCUT2D eigenvalue weighted by Gasteiger charge is -2.31. The highest BCUT2D eigenvalue weighted by Crippen LogP contribution is 2.03. The van der Waals surface area contributed by atoms with Gasteiger partial charge in [-0.2, -0.15) is 0 Å². The second-order valence-electron chi connectivity index (χ2n) is 3.67. The summed E-state index contributed by atoms with van der Waals surface area (Å²) in [5, 5.41) is 3.42. The third kappa shape index (κ3) is 2.29. The summed E-state index contributed by atoms with van der Waals surface area (Å²) in [6, 6.07) is 0.608. The molecule has 4 nitrogen and oxygen atoms in total. The molecule has 2 rings (SSSR count). The predicted molar refractivity (Wildman–Crippen MR) is 51.3 cm³/mol. The van der Waals surface area contributed by atoms with Crippen LogP contribution in [0.2, 0.25) is 0 Å². The monoisotopic (exact) mass is 180 g/mol. The van der Waals surface area contributed by atoms with E-state index in [4.69, 9.17) is 0 Å². The van der Waals surface area contributed by atoms with Gasteiger partial charge >= 0.3 is 0 Å². The van der Waals surface area contributed by atoms with Crippen molar-refractivity contribution in [1.82, 2.24) is 20.2 Å². The fraction of sp³-hybridized carbons (Fsp3) is 0.667. The first-order valence-corrected chi connectivity index (χ1v) is 4.77. The third-order valence-electron chi connectivity index (χ3n) is 2.40. The van der Waals surface area contributed by atoms with Crippen LogP contribution in [0.4, 0.5) is 0 Å². The number of rotatable bonds is 2. The highest BCUT2D eigenvalue weighted by Gasteiger charge is 2.15. The normalized spacial score (nSPS) is 24.8. The highest BCUT2D eigenvalue weighted by molar-refractivity contribution is 4.94. The first-order chi connectivity index (χ1) is 6.34. The van der Waals surface area contributed by atoms with Crippen LogP contribution in [0.3, 0.4) is 0 Å². The Morgan fingerprint density at radius 3 is 3.31 bits per heavy atom. The summed E-state index contributed by atoms with van der Waals surface area (Å²) in [5.74, 6) is 0. The van der Waals surface area contributed by atoms with Crippen LogP contribution in [-0.2, 0) is 6.54 Å². The molecule has 0 aliphatic carbocycles. The lowest BCUT2D eigenvalue weighted by atomic mass is 10.2. The van der Waals surface area contributed by atoms with Gasteiger partial charge in [-0.05, 0) is 6.92 Å². The van der Waals surface area contributed by atoms with Crippen molar-refractivity contribution < 1.29 is 0 Å².